The fourth-order valence-electron chi connectivity index (χ4n) is 0.788. The molecule has 0 aliphatic carbocycles. The summed E-state index contributed by atoms with van der Waals surface area (Å²) in [5.74, 6) is 0. The number of aryl methyl sites for hydroxylation is 1. The fraction of sp³-hybridized carbons (Fsp3) is 0.133. The van der Waals surface area contributed by atoms with Crippen LogP contribution in [0.2, 0.25) is 0 Å². The van der Waals surface area contributed by atoms with Crippen molar-refractivity contribution in [1.29, 1.82) is 0 Å². The van der Waals surface area contributed by atoms with E-state index in [1.807, 2.05) is 31.2 Å². The minimum atomic E-state index is 0. The number of rotatable bonds is 2. The Bertz CT molecular complexity index is 296. The van der Waals surface area contributed by atoms with Crippen LogP contribution < -0.4 is 0 Å². The molecule has 0 aliphatic rings. The standard InChI is InChI=1S/C7H8.C7H10.CH3.La/c1-7-5-3-2-4-6-7;1-4-6-7(3)5-2;;/h2-6H,1H3;4-6H,1-2H2,3H3;1H3;/q;;-1;/b;7-6-;;. The molecule has 0 aromatic heterocycles. The summed E-state index contributed by atoms with van der Waals surface area (Å²) < 4.78 is 0. The first-order valence-electron chi connectivity index (χ1n) is 4.64. The zero-order chi connectivity index (χ0) is 10.8. The summed E-state index contributed by atoms with van der Waals surface area (Å²) in [4.78, 5) is 0. The van der Waals surface area contributed by atoms with Gasteiger partial charge in [0.2, 0.25) is 0 Å². The van der Waals surface area contributed by atoms with Gasteiger partial charge in [-0.2, -0.15) is 0 Å². The molecule has 0 saturated heterocycles. The second kappa shape index (κ2) is 14.6. The van der Waals surface area contributed by atoms with Gasteiger partial charge < -0.3 is 7.43 Å². The van der Waals surface area contributed by atoms with E-state index in [1.165, 1.54) is 5.56 Å². The van der Waals surface area contributed by atoms with Crippen LogP contribution in [0.4, 0.5) is 0 Å². The van der Waals surface area contributed by atoms with Crippen LogP contribution in [0.3, 0.4) is 0 Å². The number of hydrogen-bond acceptors (Lipinski definition) is 0. The summed E-state index contributed by atoms with van der Waals surface area (Å²) >= 11 is 0. The van der Waals surface area contributed by atoms with Crippen molar-refractivity contribution in [2.24, 2.45) is 0 Å². The Morgan fingerprint density at radius 2 is 1.62 bits per heavy atom. The van der Waals surface area contributed by atoms with Crippen LogP contribution in [0.1, 0.15) is 12.5 Å². The van der Waals surface area contributed by atoms with Gasteiger partial charge in [0.05, 0.1) is 0 Å². The summed E-state index contributed by atoms with van der Waals surface area (Å²) in [6, 6.07) is 10.3. The van der Waals surface area contributed by atoms with Gasteiger partial charge in [-0.05, 0) is 13.8 Å². The van der Waals surface area contributed by atoms with E-state index in [9.17, 15) is 0 Å². The van der Waals surface area contributed by atoms with Gasteiger partial charge in [0, 0.05) is 35.6 Å². The van der Waals surface area contributed by atoms with E-state index in [0.717, 1.165) is 5.57 Å². The van der Waals surface area contributed by atoms with Crippen molar-refractivity contribution in [3.8, 4) is 0 Å². The van der Waals surface area contributed by atoms with Gasteiger partial charge in [-0.3, -0.25) is 0 Å². The van der Waals surface area contributed by atoms with Crippen LogP contribution in [0.5, 0.6) is 0 Å². The molecule has 0 N–H and O–H groups in total. The third-order valence-corrected chi connectivity index (χ3v) is 1.64. The van der Waals surface area contributed by atoms with Crippen molar-refractivity contribution in [3.05, 3.63) is 80.3 Å². The molecular weight excluding hydrogens is 319 g/mol. The third-order valence-electron chi connectivity index (χ3n) is 1.64. The first-order chi connectivity index (χ1) is 6.70. The van der Waals surface area contributed by atoms with Gasteiger partial charge in [0.1, 0.15) is 0 Å². The van der Waals surface area contributed by atoms with Gasteiger partial charge >= 0.3 is 0 Å². The van der Waals surface area contributed by atoms with E-state index in [1.54, 1.807) is 12.2 Å². The molecule has 0 heterocycles. The largest absolute Gasteiger partial charge is 0.358 e. The topological polar surface area (TPSA) is 0 Å². The van der Waals surface area contributed by atoms with E-state index >= 15 is 0 Å². The summed E-state index contributed by atoms with van der Waals surface area (Å²) in [5.41, 5.74) is 2.47. The third kappa shape index (κ3) is 13.6. The smallest absolute Gasteiger partial charge is 0 e. The molecule has 0 bridgehead atoms. The van der Waals surface area contributed by atoms with E-state index in [-0.39, 0.29) is 43.0 Å². The fourth-order valence-corrected chi connectivity index (χ4v) is 0.788. The van der Waals surface area contributed by atoms with E-state index in [4.69, 9.17) is 0 Å². The predicted molar refractivity (Wildman–Crippen MR) is 71.7 cm³/mol. The maximum absolute atomic E-state index is 3.56. The van der Waals surface area contributed by atoms with Crippen molar-refractivity contribution >= 4 is 0 Å². The van der Waals surface area contributed by atoms with Crippen LogP contribution in [0.25, 0.3) is 0 Å². The molecule has 0 fully saturated rings. The normalized spacial score (nSPS) is 8.50. The molecular formula is C15H21La-. The Morgan fingerprint density at radius 1 is 1.12 bits per heavy atom. The molecule has 1 aromatic carbocycles. The molecule has 85 valence electrons. The Hall–Kier alpha value is -0.365. The molecule has 0 unspecified atom stereocenters. The minimum absolute atomic E-state index is 0. The van der Waals surface area contributed by atoms with Crippen LogP contribution >= 0.6 is 0 Å². The molecule has 1 heteroatoms. The summed E-state index contributed by atoms with van der Waals surface area (Å²) in [6.45, 7) is 11.2. The van der Waals surface area contributed by atoms with E-state index in [0.29, 0.717) is 0 Å². The number of hydrogen-bond donors (Lipinski definition) is 0. The van der Waals surface area contributed by atoms with Crippen molar-refractivity contribution < 1.29 is 35.6 Å². The zero-order valence-electron chi connectivity index (χ0n) is 10.6. The molecule has 0 nitrogen and oxygen atoms in total. The average Bonchev–Trinajstić information content (AvgIpc) is 2.20. The summed E-state index contributed by atoms with van der Waals surface area (Å²) in [6.07, 6.45) is 5.45. The monoisotopic (exact) mass is 340 g/mol. The van der Waals surface area contributed by atoms with Gasteiger partial charge in [-0.1, -0.05) is 72.9 Å². The number of allylic oxidation sites excluding steroid dienone is 4. The van der Waals surface area contributed by atoms with Gasteiger partial charge in [0.25, 0.3) is 0 Å². The Labute approximate surface area is 129 Å². The Morgan fingerprint density at radius 3 is 1.81 bits per heavy atom. The molecule has 1 radical (unpaired) electrons. The van der Waals surface area contributed by atoms with Gasteiger partial charge in [-0.15, -0.1) is 0 Å². The van der Waals surface area contributed by atoms with E-state index in [2.05, 4.69) is 32.2 Å². The zero-order valence-corrected chi connectivity index (χ0v) is 14.2. The van der Waals surface area contributed by atoms with Crippen LogP contribution in [0, 0.1) is 49.9 Å². The SMILES string of the molecule is C=C/C=C(/C)C=C.Cc1ccccc1.[CH3-].[La]. The van der Waals surface area contributed by atoms with Gasteiger partial charge in [0.15, 0.2) is 0 Å². The Balaban J connectivity index is -0.000000188. The molecule has 0 aliphatic heterocycles. The first kappa shape index (κ1) is 21.0. The molecule has 0 amide bonds. The minimum Gasteiger partial charge on any atom is -0.358 e. The maximum atomic E-state index is 3.56. The predicted octanol–water partition coefficient (Wildman–Crippen LogP) is 4.75. The Kier molecular flexibility index (Phi) is 19.2. The van der Waals surface area contributed by atoms with Crippen molar-refractivity contribution in [2.75, 3.05) is 0 Å². The summed E-state index contributed by atoms with van der Waals surface area (Å²) in [5, 5.41) is 0. The molecule has 0 atom stereocenters. The second-order valence-electron chi connectivity index (χ2n) is 3.01. The summed E-state index contributed by atoms with van der Waals surface area (Å²) in [7, 11) is 0. The molecule has 16 heavy (non-hydrogen) atoms. The van der Waals surface area contributed by atoms with Crippen LogP contribution in [-0.2, 0) is 0 Å². The van der Waals surface area contributed by atoms with Crippen molar-refractivity contribution in [3.63, 3.8) is 0 Å². The molecule has 1 aromatic rings. The molecule has 0 saturated carbocycles. The van der Waals surface area contributed by atoms with Crippen LogP contribution in [-0.4, -0.2) is 0 Å². The van der Waals surface area contributed by atoms with Crippen molar-refractivity contribution in [1.82, 2.24) is 0 Å². The first-order valence-corrected chi connectivity index (χ1v) is 4.64. The average molecular weight is 340 g/mol. The molecule has 0 spiro atoms. The van der Waals surface area contributed by atoms with Crippen molar-refractivity contribution in [2.45, 2.75) is 13.8 Å². The number of benzene rings is 1. The second-order valence-corrected chi connectivity index (χ2v) is 3.01. The van der Waals surface area contributed by atoms with E-state index < -0.39 is 0 Å². The quantitative estimate of drug-likeness (QED) is 0.538. The maximum Gasteiger partial charge on any atom is 0 e. The van der Waals surface area contributed by atoms with Crippen LogP contribution in [0.15, 0.2) is 67.3 Å². The molecule has 1 rings (SSSR count). The van der Waals surface area contributed by atoms with Gasteiger partial charge in [-0.25, -0.2) is 0 Å².